The van der Waals surface area contributed by atoms with E-state index >= 15 is 0 Å². The lowest BCUT2D eigenvalue weighted by atomic mass is 9.73. The fourth-order valence-corrected chi connectivity index (χ4v) is 5.44. The van der Waals surface area contributed by atoms with Gasteiger partial charge in [-0.1, -0.05) is 50.7 Å². The van der Waals surface area contributed by atoms with Crippen LogP contribution in [0.3, 0.4) is 0 Å². The molecule has 3 aliphatic rings. The maximum absolute atomic E-state index is 13.5. The van der Waals surface area contributed by atoms with Crippen LogP contribution in [0.25, 0.3) is 0 Å². The second-order valence-electron chi connectivity index (χ2n) is 9.06. The van der Waals surface area contributed by atoms with Crippen molar-refractivity contribution < 1.29 is 14.0 Å². The highest BCUT2D eigenvalue weighted by molar-refractivity contribution is 5.90. The Labute approximate surface area is 166 Å². The number of carbonyl (C=O) groups excluding carboxylic acids is 2. The first-order valence-electron chi connectivity index (χ1n) is 10.9. The molecule has 1 N–H and O–H groups in total. The van der Waals surface area contributed by atoms with Crippen molar-refractivity contribution in [3.63, 3.8) is 0 Å². The minimum Gasteiger partial charge on any atom is -0.351 e. The van der Waals surface area contributed by atoms with Gasteiger partial charge in [0.2, 0.25) is 11.8 Å². The largest absolute Gasteiger partial charge is 0.351 e. The van der Waals surface area contributed by atoms with Crippen LogP contribution in [0.15, 0.2) is 24.3 Å². The summed E-state index contributed by atoms with van der Waals surface area (Å²) in [7, 11) is 0. The van der Waals surface area contributed by atoms with Gasteiger partial charge in [-0.15, -0.1) is 0 Å². The maximum atomic E-state index is 13.5. The Hall–Kier alpha value is -1.91. The number of rotatable bonds is 4. The van der Waals surface area contributed by atoms with Crippen LogP contribution in [0.2, 0.25) is 0 Å². The highest BCUT2D eigenvalue weighted by Crippen LogP contribution is 2.46. The van der Waals surface area contributed by atoms with Gasteiger partial charge in [0, 0.05) is 19.0 Å². The number of hydrogen-bond acceptors (Lipinski definition) is 2. The monoisotopic (exact) mass is 386 g/mol. The van der Waals surface area contributed by atoms with Gasteiger partial charge in [-0.25, -0.2) is 4.39 Å². The number of nitrogens with one attached hydrogen (secondary N) is 1. The molecule has 2 saturated carbocycles. The molecular formula is C23H31FN2O2. The van der Waals surface area contributed by atoms with Gasteiger partial charge in [-0.2, -0.15) is 0 Å². The van der Waals surface area contributed by atoms with Crippen molar-refractivity contribution >= 4 is 11.8 Å². The molecule has 5 heteroatoms. The summed E-state index contributed by atoms with van der Waals surface area (Å²) in [6.45, 7) is 0.645. The van der Waals surface area contributed by atoms with Crippen molar-refractivity contribution in [1.29, 1.82) is 0 Å². The van der Waals surface area contributed by atoms with E-state index in [1.54, 1.807) is 17.0 Å². The van der Waals surface area contributed by atoms with Gasteiger partial charge in [-0.3, -0.25) is 9.59 Å². The Morgan fingerprint density at radius 2 is 1.68 bits per heavy atom. The first-order chi connectivity index (χ1) is 13.6. The summed E-state index contributed by atoms with van der Waals surface area (Å²) in [4.78, 5) is 28.1. The van der Waals surface area contributed by atoms with Crippen molar-refractivity contribution in [2.24, 2.45) is 5.41 Å². The molecule has 0 aromatic heterocycles. The molecule has 1 spiro atoms. The first-order valence-corrected chi connectivity index (χ1v) is 10.9. The molecule has 1 unspecified atom stereocenters. The second kappa shape index (κ2) is 8.22. The van der Waals surface area contributed by atoms with Crippen molar-refractivity contribution in [3.05, 3.63) is 35.6 Å². The van der Waals surface area contributed by atoms with E-state index in [0.29, 0.717) is 18.5 Å². The maximum Gasteiger partial charge on any atom is 0.247 e. The first kappa shape index (κ1) is 19.4. The molecule has 1 aliphatic heterocycles. The van der Waals surface area contributed by atoms with Crippen LogP contribution >= 0.6 is 0 Å². The van der Waals surface area contributed by atoms with E-state index < -0.39 is 6.04 Å². The number of carbonyl (C=O) groups is 2. The van der Waals surface area contributed by atoms with E-state index in [0.717, 1.165) is 51.4 Å². The Bertz CT molecular complexity index is 706. The van der Waals surface area contributed by atoms with Gasteiger partial charge < -0.3 is 10.2 Å². The number of halogens is 1. The highest BCUT2D eigenvalue weighted by atomic mass is 19.1. The summed E-state index contributed by atoms with van der Waals surface area (Å²) in [5.74, 6) is -0.374. The third-order valence-electron chi connectivity index (χ3n) is 6.96. The lowest BCUT2D eigenvalue weighted by Crippen LogP contribution is -2.46. The van der Waals surface area contributed by atoms with Gasteiger partial charge in [0.1, 0.15) is 11.9 Å². The van der Waals surface area contributed by atoms with Gasteiger partial charge in [0.15, 0.2) is 0 Å². The third-order valence-corrected chi connectivity index (χ3v) is 6.96. The zero-order valence-electron chi connectivity index (χ0n) is 16.6. The fourth-order valence-electron chi connectivity index (χ4n) is 5.44. The molecule has 2 aliphatic carbocycles. The summed E-state index contributed by atoms with van der Waals surface area (Å²) >= 11 is 0. The molecule has 0 radical (unpaired) electrons. The molecule has 28 heavy (non-hydrogen) atoms. The van der Waals surface area contributed by atoms with E-state index in [4.69, 9.17) is 0 Å². The normalized spacial score (nSPS) is 23.8. The van der Waals surface area contributed by atoms with Gasteiger partial charge in [-0.05, 0) is 48.8 Å². The zero-order valence-corrected chi connectivity index (χ0v) is 16.6. The standard InChI is InChI=1S/C23H31FN2O2/c24-18-11-9-17(10-12-18)21(22(28)25-19-7-3-1-4-8-19)26-16-23(15-20(26)27)13-5-2-6-14-23/h9-12,19,21H,1-8,13-16H2,(H,25,28). The highest BCUT2D eigenvalue weighted by Gasteiger charge is 2.47. The molecule has 4 nitrogen and oxygen atoms in total. The van der Waals surface area contributed by atoms with Gasteiger partial charge in [0.05, 0.1) is 0 Å². The third kappa shape index (κ3) is 4.08. The summed E-state index contributed by atoms with van der Waals surface area (Å²) in [6, 6.07) is 5.60. The van der Waals surface area contributed by atoms with Crippen molar-refractivity contribution in [3.8, 4) is 0 Å². The number of hydrogen-bond donors (Lipinski definition) is 1. The molecule has 0 bridgehead atoms. The number of benzene rings is 1. The Morgan fingerprint density at radius 3 is 2.36 bits per heavy atom. The minimum atomic E-state index is -0.656. The summed E-state index contributed by atoms with van der Waals surface area (Å²) in [5, 5.41) is 3.19. The second-order valence-corrected chi connectivity index (χ2v) is 9.06. The quantitative estimate of drug-likeness (QED) is 0.828. The van der Waals surface area contributed by atoms with Crippen molar-refractivity contribution in [1.82, 2.24) is 10.2 Å². The molecule has 1 heterocycles. The van der Waals surface area contributed by atoms with Crippen molar-refractivity contribution in [2.45, 2.75) is 82.7 Å². The van der Waals surface area contributed by atoms with E-state index in [2.05, 4.69) is 5.32 Å². The molecule has 1 saturated heterocycles. The van der Waals surface area contributed by atoms with Crippen LogP contribution in [0.5, 0.6) is 0 Å². The molecule has 1 aromatic carbocycles. The average Bonchev–Trinajstić information content (AvgIpc) is 3.00. The van der Waals surface area contributed by atoms with Crippen LogP contribution in [0.1, 0.15) is 82.2 Å². The summed E-state index contributed by atoms with van der Waals surface area (Å²) < 4.78 is 13.5. The van der Waals surface area contributed by atoms with Crippen LogP contribution in [0, 0.1) is 11.2 Å². The van der Waals surface area contributed by atoms with Crippen LogP contribution in [-0.2, 0) is 9.59 Å². The molecular weight excluding hydrogens is 355 g/mol. The van der Waals surface area contributed by atoms with Gasteiger partial charge in [0.25, 0.3) is 0 Å². The topological polar surface area (TPSA) is 49.4 Å². The summed E-state index contributed by atoms with van der Waals surface area (Å²) in [6.07, 6.45) is 11.7. The lowest BCUT2D eigenvalue weighted by molar-refractivity contribution is -0.138. The van der Waals surface area contributed by atoms with Gasteiger partial charge >= 0.3 is 0 Å². The van der Waals surface area contributed by atoms with E-state index in [1.165, 1.54) is 25.0 Å². The van der Waals surface area contributed by atoms with Crippen LogP contribution in [0.4, 0.5) is 4.39 Å². The Kier molecular flexibility index (Phi) is 5.70. The Balaban J connectivity index is 1.58. The molecule has 2 amide bonds. The van der Waals surface area contributed by atoms with Crippen LogP contribution in [-0.4, -0.2) is 29.3 Å². The number of likely N-dealkylation sites (tertiary alicyclic amines) is 1. The number of nitrogens with zero attached hydrogens (tertiary/aromatic N) is 1. The molecule has 152 valence electrons. The molecule has 3 fully saturated rings. The fraction of sp³-hybridized carbons (Fsp3) is 0.652. The molecule has 1 atom stereocenters. The van der Waals surface area contributed by atoms with E-state index in [1.807, 2.05) is 0 Å². The predicted octanol–water partition coefficient (Wildman–Crippen LogP) is 4.50. The minimum absolute atomic E-state index is 0.0265. The molecule has 1 aromatic rings. The zero-order chi connectivity index (χ0) is 19.6. The predicted molar refractivity (Wildman–Crippen MR) is 106 cm³/mol. The van der Waals surface area contributed by atoms with Crippen molar-refractivity contribution in [2.75, 3.05) is 6.54 Å². The lowest BCUT2D eigenvalue weighted by Gasteiger charge is -2.35. The van der Waals surface area contributed by atoms with E-state index in [9.17, 15) is 14.0 Å². The number of amides is 2. The van der Waals surface area contributed by atoms with Crippen LogP contribution < -0.4 is 5.32 Å². The molecule has 4 rings (SSSR count). The SMILES string of the molecule is O=C(NC1CCCCC1)C(c1ccc(F)cc1)N1CC2(CCCCC2)CC1=O. The average molecular weight is 387 g/mol. The smallest absolute Gasteiger partial charge is 0.247 e. The Morgan fingerprint density at radius 1 is 1.04 bits per heavy atom. The summed E-state index contributed by atoms with van der Waals surface area (Å²) in [5.41, 5.74) is 0.731. The van der Waals surface area contributed by atoms with E-state index in [-0.39, 0.29) is 29.1 Å².